The van der Waals surface area contributed by atoms with Crippen molar-refractivity contribution in [3.63, 3.8) is 0 Å². The quantitative estimate of drug-likeness (QED) is 0.533. The van der Waals surface area contributed by atoms with E-state index in [1.54, 1.807) is 0 Å². The highest BCUT2D eigenvalue weighted by atomic mass is 35.5. The molecule has 1 rings (SSSR count). The van der Waals surface area contributed by atoms with E-state index in [2.05, 4.69) is 18.7 Å². The van der Waals surface area contributed by atoms with Gasteiger partial charge in [-0.2, -0.15) is 0 Å². The van der Waals surface area contributed by atoms with E-state index in [1.807, 2.05) is 0 Å². The van der Waals surface area contributed by atoms with Crippen LogP contribution in [-0.4, -0.2) is 12.6 Å². The first-order chi connectivity index (χ1) is 6.70. The van der Waals surface area contributed by atoms with Crippen LogP contribution in [0.15, 0.2) is 23.8 Å². The van der Waals surface area contributed by atoms with E-state index in [-0.39, 0.29) is 18.5 Å². The molecule has 2 nitrogen and oxygen atoms in total. The summed E-state index contributed by atoms with van der Waals surface area (Å²) in [4.78, 5) is 11.5. The van der Waals surface area contributed by atoms with Crippen LogP contribution in [0.5, 0.6) is 0 Å². The van der Waals surface area contributed by atoms with Gasteiger partial charge in [-0.3, -0.25) is 4.79 Å². The van der Waals surface area contributed by atoms with Gasteiger partial charge in [0.2, 0.25) is 0 Å². The number of ether oxygens (including phenoxy) is 1. The van der Waals surface area contributed by atoms with Crippen LogP contribution < -0.4 is 0 Å². The minimum absolute atomic E-state index is 0.00441. The number of hydrogen-bond acceptors (Lipinski definition) is 2. The van der Waals surface area contributed by atoms with Gasteiger partial charge in [-0.25, -0.2) is 0 Å². The van der Waals surface area contributed by atoms with Crippen molar-refractivity contribution >= 4 is 17.6 Å². The molecule has 3 heteroatoms. The molecule has 0 bridgehead atoms. The molecular weight excluding hydrogens is 200 g/mol. The van der Waals surface area contributed by atoms with Crippen molar-refractivity contribution in [2.45, 2.75) is 25.7 Å². The van der Waals surface area contributed by atoms with Gasteiger partial charge in [0, 0.05) is 5.03 Å². The van der Waals surface area contributed by atoms with Crippen LogP contribution in [0.1, 0.15) is 25.7 Å². The zero-order valence-electron chi connectivity index (χ0n) is 8.17. The van der Waals surface area contributed by atoms with Gasteiger partial charge >= 0.3 is 5.97 Å². The van der Waals surface area contributed by atoms with Crippen LogP contribution in [0, 0.1) is 5.92 Å². The molecule has 0 spiro atoms. The molecule has 0 aliphatic heterocycles. The smallest absolute Gasteiger partial charge is 0.309 e. The summed E-state index contributed by atoms with van der Waals surface area (Å²) in [5, 5.41) is 0.363. The zero-order valence-corrected chi connectivity index (χ0v) is 8.93. The van der Waals surface area contributed by atoms with Crippen molar-refractivity contribution in [3.05, 3.63) is 23.8 Å². The lowest BCUT2D eigenvalue weighted by atomic mass is 10.0. The Morgan fingerprint density at radius 1 is 1.57 bits per heavy atom. The fraction of sp³-hybridized carbons (Fsp3) is 0.545. The number of allylic oxidation sites excluding steroid dienone is 2. The van der Waals surface area contributed by atoms with Gasteiger partial charge in [-0.15, -0.1) is 0 Å². The van der Waals surface area contributed by atoms with E-state index < -0.39 is 0 Å². The molecule has 1 atom stereocenters. The van der Waals surface area contributed by atoms with E-state index in [0.29, 0.717) is 5.03 Å². The average Bonchev–Trinajstić information content (AvgIpc) is 2.42. The summed E-state index contributed by atoms with van der Waals surface area (Å²) < 4.78 is 4.99. The maximum absolute atomic E-state index is 11.5. The first kappa shape index (κ1) is 11.3. The predicted molar refractivity (Wildman–Crippen MR) is 57.1 cm³/mol. The Labute approximate surface area is 89.6 Å². The number of halogens is 1. The topological polar surface area (TPSA) is 26.3 Å². The highest BCUT2D eigenvalue weighted by Gasteiger charge is 2.19. The third kappa shape index (κ3) is 3.97. The summed E-state index contributed by atoms with van der Waals surface area (Å²) in [5.74, 6) is -0.150. The first-order valence-corrected chi connectivity index (χ1v) is 5.23. The minimum Gasteiger partial charge on any atom is -0.460 e. The van der Waals surface area contributed by atoms with Crippen molar-refractivity contribution in [1.82, 2.24) is 0 Å². The molecule has 1 unspecified atom stereocenters. The molecule has 0 saturated heterocycles. The van der Waals surface area contributed by atoms with Gasteiger partial charge < -0.3 is 4.74 Å². The van der Waals surface area contributed by atoms with Crippen LogP contribution >= 0.6 is 11.6 Å². The molecule has 0 aromatic rings. The lowest BCUT2D eigenvalue weighted by Gasteiger charge is -2.11. The van der Waals surface area contributed by atoms with E-state index in [9.17, 15) is 4.79 Å². The summed E-state index contributed by atoms with van der Waals surface area (Å²) >= 11 is 5.51. The minimum atomic E-state index is -0.154. The number of carbonyl (C=O) groups is 1. The van der Waals surface area contributed by atoms with Gasteiger partial charge in [0.15, 0.2) is 0 Å². The van der Waals surface area contributed by atoms with Crippen molar-refractivity contribution in [1.29, 1.82) is 0 Å². The number of esters is 1. The molecule has 0 radical (unpaired) electrons. The second-order valence-corrected chi connectivity index (χ2v) is 3.99. The molecule has 0 amide bonds. The Bertz CT molecular complexity index is 246. The fourth-order valence-electron chi connectivity index (χ4n) is 1.46. The molecule has 0 fully saturated rings. The third-order valence-electron chi connectivity index (χ3n) is 2.22. The lowest BCUT2D eigenvalue weighted by Crippen LogP contribution is -2.17. The summed E-state index contributed by atoms with van der Waals surface area (Å²) in [6.45, 7) is 3.59. The second-order valence-electron chi connectivity index (χ2n) is 3.46. The van der Waals surface area contributed by atoms with Crippen molar-refractivity contribution < 1.29 is 9.53 Å². The molecule has 0 N–H and O–H groups in total. The highest BCUT2D eigenvalue weighted by molar-refractivity contribution is 6.29. The van der Waals surface area contributed by atoms with Crippen LogP contribution in [0.3, 0.4) is 0 Å². The number of rotatable bonds is 3. The molecule has 1 aliphatic carbocycles. The predicted octanol–water partition coefficient (Wildman–Crippen LogP) is 3.03. The Hall–Kier alpha value is -0.760. The highest BCUT2D eigenvalue weighted by Crippen LogP contribution is 2.19. The Kier molecular flexibility index (Phi) is 4.74. The van der Waals surface area contributed by atoms with Crippen LogP contribution in [0.4, 0.5) is 0 Å². The number of carbonyl (C=O) groups excluding carboxylic acids is 1. The average molecular weight is 215 g/mol. The van der Waals surface area contributed by atoms with Gasteiger partial charge in [0.1, 0.15) is 6.61 Å². The van der Waals surface area contributed by atoms with Crippen LogP contribution in [0.25, 0.3) is 0 Å². The fourth-order valence-corrected chi connectivity index (χ4v) is 1.51. The Morgan fingerprint density at radius 3 is 3.07 bits per heavy atom. The van der Waals surface area contributed by atoms with Gasteiger partial charge in [-0.05, 0) is 25.7 Å². The lowest BCUT2D eigenvalue weighted by molar-refractivity contribution is -0.147. The molecular formula is C11H15ClO2. The molecule has 0 aromatic heterocycles. The summed E-state index contributed by atoms with van der Waals surface area (Å²) in [7, 11) is 0. The first-order valence-electron chi connectivity index (χ1n) is 4.85. The van der Waals surface area contributed by atoms with E-state index >= 15 is 0 Å². The van der Waals surface area contributed by atoms with Crippen molar-refractivity contribution in [2.75, 3.05) is 6.61 Å². The molecule has 0 aromatic carbocycles. The maximum atomic E-state index is 11.5. The summed E-state index contributed by atoms with van der Waals surface area (Å²) in [6.07, 6.45) is 7.97. The van der Waals surface area contributed by atoms with Gasteiger partial charge in [0.05, 0.1) is 5.92 Å². The largest absolute Gasteiger partial charge is 0.460 e. The molecule has 1 aliphatic rings. The summed E-state index contributed by atoms with van der Waals surface area (Å²) in [5.41, 5.74) is 0. The second kappa shape index (κ2) is 5.86. The molecule has 14 heavy (non-hydrogen) atoms. The van der Waals surface area contributed by atoms with E-state index in [4.69, 9.17) is 16.3 Å². The standard InChI is InChI=1S/C11H15ClO2/c1-9(12)8-14-11(13)10-6-4-2-3-5-7-10/h2,4,10H,1,3,5-8H2. The SMILES string of the molecule is C=C(Cl)COC(=O)C1CC=CCCC1. The third-order valence-corrected chi connectivity index (χ3v) is 2.32. The molecule has 78 valence electrons. The summed E-state index contributed by atoms with van der Waals surface area (Å²) in [6, 6.07) is 0. The van der Waals surface area contributed by atoms with Gasteiger partial charge in [-0.1, -0.05) is 30.3 Å². The van der Waals surface area contributed by atoms with Crippen molar-refractivity contribution in [2.24, 2.45) is 5.92 Å². The van der Waals surface area contributed by atoms with Crippen LogP contribution in [-0.2, 0) is 9.53 Å². The molecule has 0 saturated carbocycles. The molecule has 0 heterocycles. The normalized spacial score (nSPS) is 21.4. The number of hydrogen-bond donors (Lipinski definition) is 0. The van der Waals surface area contributed by atoms with Crippen molar-refractivity contribution in [3.8, 4) is 0 Å². The van der Waals surface area contributed by atoms with E-state index in [1.165, 1.54) is 0 Å². The Morgan fingerprint density at radius 2 is 2.36 bits per heavy atom. The monoisotopic (exact) mass is 214 g/mol. The van der Waals surface area contributed by atoms with E-state index in [0.717, 1.165) is 25.7 Å². The maximum Gasteiger partial charge on any atom is 0.309 e. The Balaban J connectivity index is 2.35. The zero-order chi connectivity index (χ0) is 10.4. The van der Waals surface area contributed by atoms with Crippen LogP contribution in [0.2, 0.25) is 0 Å². The van der Waals surface area contributed by atoms with Gasteiger partial charge in [0.25, 0.3) is 0 Å².